The molecule has 0 saturated carbocycles. The largest absolute Gasteiger partial charge is 0.417 e. The first-order valence-corrected chi connectivity index (χ1v) is 5.37. The van der Waals surface area contributed by atoms with E-state index in [4.69, 9.17) is 10.2 Å². The molecule has 2 rings (SSSR count). The molecule has 0 aliphatic heterocycles. The fourth-order valence-corrected chi connectivity index (χ4v) is 1.58. The van der Waals surface area contributed by atoms with Gasteiger partial charge in [-0.3, -0.25) is 4.98 Å². The van der Waals surface area contributed by atoms with E-state index < -0.39 is 5.76 Å². The Morgan fingerprint density at radius 2 is 2.24 bits per heavy atom. The molecule has 4 N–H and O–H groups in total. The Bertz CT molecular complexity index is 570. The summed E-state index contributed by atoms with van der Waals surface area (Å²) in [6.45, 7) is 1.68. The molecule has 0 unspecified atom stereocenters. The average molecular weight is 236 g/mol. The highest BCUT2D eigenvalue weighted by molar-refractivity contribution is 5.85. The Labute approximate surface area is 98.4 Å². The number of nitrogens with one attached hydrogen (secondary N) is 2. The molecule has 0 aliphatic rings. The second-order valence-corrected chi connectivity index (χ2v) is 4.18. The highest BCUT2D eigenvalue weighted by Crippen LogP contribution is 2.23. The lowest BCUT2D eigenvalue weighted by Gasteiger charge is -2.12. The number of likely N-dealkylation sites (N-methyl/N-ethyl adjacent to an activating group) is 1. The van der Waals surface area contributed by atoms with Gasteiger partial charge in [0.2, 0.25) is 0 Å². The average Bonchev–Trinajstić information content (AvgIpc) is 2.57. The highest BCUT2D eigenvalue weighted by Gasteiger charge is 2.06. The van der Waals surface area contributed by atoms with Crippen molar-refractivity contribution in [2.75, 3.05) is 38.2 Å². The van der Waals surface area contributed by atoms with E-state index in [1.807, 2.05) is 14.1 Å². The molecular formula is C11H16N4O2. The quantitative estimate of drug-likeness (QED) is 0.679. The fraction of sp³-hybridized carbons (Fsp3) is 0.364. The van der Waals surface area contributed by atoms with Gasteiger partial charge in [-0.2, -0.15) is 0 Å². The minimum atomic E-state index is -0.468. The Kier molecular flexibility index (Phi) is 3.06. The topological polar surface area (TPSA) is 87.3 Å². The van der Waals surface area contributed by atoms with Gasteiger partial charge in [0.05, 0.1) is 16.9 Å². The number of oxazole rings is 1. The zero-order chi connectivity index (χ0) is 12.4. The van der Waals surface area contributed by atoms with E-state index in [0.717, 1.165) is 18.8 Å². The summed E-state index contributed by atoms with van der Waals surface area (Å²) >= 11 is 0. The Balaban J connectivity index is 2.21. The van der Waals surface area contributed by atoms with Crippen molar-refractivity contribution in [3.8, 4) is 0 Å². The molecule has 0 spiro atoms. The van der Waals surface area contributed by atoms with E-state index in [2.05, 4.69) is 15.2 Å². The van der Waals surface area contributed by atoms with Gasteiger partial charge < -0.3 is 20.4 Å². The van der Waals surface area contributed by atoms with Crippen molar-refractivity contribution in [1.82, 2.24) is 9.88 Å². The summed E-state index contributed by atoms with van der Waals surface area (Å²) in [6.07, 6.45) is 0. The number of hydrogen-bond donors (Lipinski definition) is 3. The number of nitrogen functional groups attached to an aromatic ring is 1. The lowest BCUT2D eigenvalue weighted by atomic mass is 10.2. The van der Waals surface area contributed by atoms with Gasteiger partial charge >= 0.3 is 5.76 Å². The number of aromatic amines is 1. The van der Waals surface area contributed by atoms with Gasteiger partial charge in [-0.25, -0.2) is 4.79 Å². The number of anilines is 2. The summed E-state index contributed by atoms with van der Waals surface area (Å²) in [7, 11) is 4.00. The molecular weight excluding hydrogens is 220 g/mol. The summed E-state index contributed by atoms with van der Waals surface area (Å²) in [5.74, 6) is -0.468. The third-order valence-corrected chi connectivity index (χ3v) is 2.47. The Hall–Kier alpha value is -1.95. The van der Waals surface area contributed by atoms with E-state index in [-0.39, 0.29) is 0 Å². The number of fused-ring (bicyclic) bond motifs is 1. The lowest BCUT2D eigenvalue weighted by molar-refractivity contribution is 0.425. The summed E-state index contributed by atoms with van der Waals surface area (Å²) in [4.78, 5) is 15.7. The molecule has 17 heavy (non-hydrogen) atoms. The van der Waals surface area contributed by atoms with Crippen LogP contribution in [0, 0.1) is 0 Å². The lowest BCUT2D eigenvalue weighted by Crippen LogP contribution is -2.21. The van der Waals surface area contributed by atoms with E-state index in [1.54, 1.807) is 12.1 Å². The molecule has 0 bridgehead atoms. The third-order valence-electron chi connectivity index (χ3n) is 2.47. The molecule has 0 saturated heterocycles. The molecule has 0 aliphatic carbocycles. The summed E-state index contributed by atoms with van der Waals surface area (Å²) in [5, 5.41) is 3.22. The SMILES string of the molecule is CN(C)CCNc1cc2[nH]c(=O)oc2cc1N. The Morgan fingerprint density at radius 1 is 1.47 bits per heavy atom. The van der Waals surface area contributed by atoms with Gasteiger partial charge in [0.15, 0.2) is 5.58 Å². The molecule has 2 aromatic rings. The van der Waals surface area contributed by atoms with Crippen LogP contribution in [-0.4, -0.2) is 37.1 Å². The molecule has 1 heterocycles. The van der Waals surface area contributed by atoms with Crippen LogP contribution in [0.5, 0.6) is 0 Å². The molecule has 6 nitrogen and oxygen atoms in total. The van der Waals surface area contributed by atoms with Crippen molar-refractivity contribution in [2.24, 2.45) is 0 Å². The van der Waals surface area contributed by atoms with Crippen LogP contribution in [0.1, 0.15) is 0 Å². The molecule has 1 aromatic carbocycles. The van der Waals surface area contributed by atoms with Crippen molar-refractivity contribution in [3.05, 3.63) is 22.7 Å². The molecule has 92 valence electrons. The molecule has 0 fully saturated rings. The maximum atomic E-state index is 11.0. The van der Waals surface area contributed by atoms with E-state index in [1.165, 1.54) is 0 Å². The van der Waals surface area contributed by atoms with Gasteiger partial charge in [0.1, 0.15) is 0 Å². The number of rotatable bonds is 4. The van der Waals surface area contributed by atoms with Gasteiger partial charge in [0.25, 0.3) is 0 Å². The number of nitrogens with two attached hydrogens (primary N) is 1. The van der Waals surface area contributed by atoms with E-state index >= 15 is 0 Å². The van der Waals surface area contributed by atoms with Crippen LogP contribution in [0.4, 0.5) is 11.4 Å². The van der Waals surface area contributed by atoms with Crippen LogP contribution in [0.2, 0.25) is 0 Å². The second kappa shape index (κ2) is 4.50. The maximum absolute atomic E-state index is 11.0. The zero-order valence-corrected chi connectivity index (χ0v) is 9.91. The normalized spacial score (nSPS) is 11.2. The van der Waals surface area contributed by atoms with Crippen LogP contribution in [0.3, 0.4) is 0 Å². The first kappa shape index (κ1) is 11.5. The van der Waals surface area contributed by atoms with Crippen LogP contribution in [-0.2, 0) is 0 Å². The summed E-state index contributed by atoms with van der Waals surface area (Å²) in [5.41, 5.74) is 8.36. The number of hydrogen-bond acceptors (Lipinski definition) is 5. The number of benzene rings is 1. The fourth-order valence-electron chi connectivity index (χ4n) is 1.58. The molecule has 0 atom stereocenters. The first-order chi connectivity index (χ1) is 8.06. The maximum Gasteiger partial charge on any atom is 0.417 e. The van der Waals surface area contributed by atoms with E-state index in [0.29, 0.717) is 16.8 Å². The monoisotopic (exact) mass is 236 g/mol. The van der Waals surface area contributed by atoms with Crippen molar-refractivity contribution in [1.29, 1.82) is 0 Å². The molecule has 6 heteroatoms. The number of nitrogens with zero attached hydrogens (tertiary/aromatic N) is 1. The van der Waals surface area contributed by atoms with Crippen molar-refractivity contribution >= 4 is 22.5 Å². The third kappa shape index (κ3) is 2.59. The van der Waals surface area contributed by atoms with Crippen molar-refractivity contribution in [2.45, 2.75) is 0 Å². The Morgan fingerprint density at radius 3 is 2.94 bits per heavy atom. The van der Waals surface area contributed by atoms with Crippen LogP contribution >= 0.6 is 0 Å². The summed E-state index contributed by atoms with van der Waals surface area (Å²) < 4.78 is 4.92. The zero-order valence-electron chi connectivity index (χ0n) is 9.91. The molecule has 0 radical (unpaired) electrons. The standard InChI is InChI=1S/C11H16N4O2/c1-15(2)4-3-13-8-6-9-10(5-7(8)12)17-11(16)14-9/h5-6,13H,3-4,12H2,1-2H3,(H,14,16). The van der Waals surface area contributed by atoms with Crippen molar-refractivity contribution in [3.63, 3.8) is 0 Å². The van der Waals surface area contributed by atoms with Gasteiger partial charge in [0, 0.05) is 19.2 Å². The van der Waals surface area contributed by atoms with Crippen LogP contribution < -0.4 is 16.8 Å². The molecule has 1 aromatic heterocycles. The van der Waals surface area contributed by atoms with Gasteiger partial charge in [-0.15, -0.1) is 0 Å². The summed E-state index contributed by atoms with van der Waals surface area (Å²) in [6, 6.07) is 3.43. The smallest absolute Gasteiger partial charge is 0.408 e. The number of aromatic nitrogens is 1. The number of H-pyrrole nitrogens is 1. The predicted molar refractivity (Wildman–Crippen MR) is 68.3 cm³/mol. The predicted octanol–water partition coefficient (Wildman–Crippen LogP) is 0.677. The highest BCUT2D eigenvalue weighted by atomic mass is 16.4. The minimum Gasteiger partial charge on any atom is -0.408 e. The first-order valence-electron chi connectivity index (χ1n) is 5.37. The van der Waals surface area contributed by atoms with Gasteiger partial charge in [-0.05, 0) is 20.2 Å². The van der Waals surface area contributed by atoms with Crippen molar-refractivity contribution < 1.29 is 4.42 Å². The van der Waals surface area contributed by atoms with Crippen LogP contribution in [0.25, 0.3) is 11.1 Å². The van der Waals surface area contributed by atoms with Crippen LogP contribution in [0.15, 0.2) is 21.3 Å². The molecule has 0 amide bonds. The minimum absolute atomic E-state index is 0.468. The van der Waals surface area contributed by atoms with Gasteiger partial charge in [-0.1, -0.05) is 0 Å². The van der Waals surface area contributed by atoms with E-state index in [9.17, 15) is 4.79 Å². The second-order valence-electron chi connectivity index (χ2n) is 4.18.